The van der Waals surface area contributed by atoms with Gasteiger partial charge in [-0.2, -0.15) is 0 Å². The predicted octanol–water partition coefficient (Wildman–Crippen LogP) is 3.14. The first-order valence-corrected chi connectivity index (χ1v) is 7.18. The Hall–Kier alpha value is -2.31. The summed E-state index contributed by atoms with van der Waals surface area (Å²) in [4.78, 5) is 0. The number of ether oxygens (including phenoxy) is 4. The van der Waals surface area contributed by atoms with E-state index in [1.54, 1.807) is 38.5 Å². The summed E-state index contributed by atoms with van der Waals surface area (Å²) in [5, 5.41) is 0. The van der Waals surface area contributed by atoms with E-state index >= 15 is 0 Å². The number of benzene rings is 2. The average Bonchev–Trinajstić information content (AvgIpc) is 3.08. The van der Waals surface area contributed by atoms with Gasteiger partial charge >= 0.3 is 0 Å². The molecule has 122 valence electrons. The maximum atomic E-state index is 14.4. The first-order chi connectivity index (χ1) is 11.1. The van der Waals surface area contributed by atoms with Crippen LogP contribution in [0.25, 0.3) is 11.1 Å². The summed E-state index contributed by atoms with van der Waals surface area (Å²) in [5.41, 5.74) is 7.82. The third kappa shape index (κ3) is 3.09. The molecule has 0 unspecified atom stereocenters. The van der Waals surface area contributed by atoms with E-state index in [1.807, 2.05) is 0 Å². The molecule has 1 fully saturated rings. The molecule has 0 bridgehead atoms. The van der Waals surface area contributed by atoms with Crippen molar-refractivity contribution in [2.24, 2.45) is 0 Å². The lowest BCUT2D eigenvalue weighted by atomic mass is 10.00. The third-order valence-corrected chi connectivity index (χ3v) is 3.71. The number of rotatable bonds is 4. The average molecular weight is 319 g/mol. The van der Waals surface area contributed by atoms with E-state index in [9.17, 15) is 4.39 Å². The van der Waals surface area contributed by atoms with Gasteiger partial charge in [-0.1, -0.05) is 0 Å². The van der Waals surface area contributed by atoms with Crippen LogP contribution in [0, 0.1) is 5.82 Å². The zero-order chi connectivity index (χ0) is 16.4. The van der Waals surface area contributed by atoms with Crippen LogP contribution in [0.5, 0.6) is 11.5 Å². The summed E-state index contributed by atoms with van der Waals surface area (Å²) >= 11 is 0. The number of methoxy groups -OCH3 is 2. The standard InChI is InChI=1S/C17H18FNO4/c1-20-11-5-10(6-12(7-11)21-2)13-8-14(16(19)9-15(13)18)17-22-3-4-23-17/h5-9,17H,3-4,19H2,1-2H3. The van der Waals surface area contributed by atoms with Crippen LogP contribution in [-0.2, 0) is 9.47 Å². The molecule has 2 N–H and O–H groups in total. The number of hydrogen-bond donors (Lipinski definition) is 1. The van der Waals surface area contributed by atoms with Crippen LogP contribution in [0.2, 0.25) is 0 Å². The maximum Gasteiger partial charge on any atom is 0.186 e. The minimum absolute atomic E-state index is 0.299. The van der Waals surface area contributed by atoms with Crippen molar-refractivity contribution >= 4 is 5.69 Å². The molecule has 2 aromatic carbocycles. The van der Waals surface area contributed by atoms with Crippen LogP contribution >= 0.6 is 0 Å². The minimum Gasteiger partial charge on any atom is -0.497 e. The molecule has 1 aliphatic rings. The highest BCUT2D eigenvalue weighted by molar-refractivity contribution is 5.71. The number of halogens is 1. The Morgan fingerprint density at radius 2 is 1.61 bits per heavy atom. The second kappa shape index (κ2) is 6.44. The highest BCUT2D eigenvalue weighted by Gasteiger charge is 2.23. The number of nitrogens with two attached hydrogens (primary N) is 1. The molecule has 6 heteroatoms. The monoisotopic (exact) mass is 319 g/mol. The molecule has 0 aliphatic carbocycles. The van der Waals surface area contributed by atoms with Gasteiger partial charge in [-0.3, -0.25) is 0 Å². The summed E-state index contributed by atoms with van der Waals surface area (Å²) in [5.74, 6) is 0.718. The van der Waals surface area contributed by atoms with Crippen molar-refractivity contribution in [3.63, 3.8) is 0 Å². The van der Waals surface area contributed by atoms with Crippen LogP contribution in [-0.4, -0.2) is 27.4 Å². The Labute approximate surface area is 133 Å². The lowest BCUT2D eigenvalue weighted by Crippen LogP contribution is -2.04. The molecular formula is C17H18FNO4. The van der Waals surface area contributed by atoms with Gasteiger partial charge in [0.1, 0.15) is 17.3 Å². The van der Waals surface area contributed by atoms with E-state index in [4.69, 9.17) is 24.7 Å². The molecule has 0 radical (unpaired) electrons. The molecule has 2 aromatic rings. The van der Waals surface area contributed by atoms with E-state index in [1.165, 1.54) is 6.07 Å². The quantitative estimate of drug-likeness (QED) is 0.877. The molecule has 0 aromatic heterocycles. The van der Waals surface area contributed by atoms with E-state index in [0.29, 0.717) is 47.1 Å². The van der Waals surface area contributed by atoms with Gasteiger partial charge in [-0.05, 0) is 29.8 Å². The lowest BCUT2D eigenvalue weighted by Gasteiger charge is -2.15. The molecule has 23 heavy (non-hydrogen) atoms. The van der Waals surface area contributed by atoms with Gasteiger partial charge in [0.05, 0.1) is 27.4 Å². The van der Waals surface area contributed by atoms with Crippen molar-refractivity contribution in [1.29, 1.82) is 0 Å². The minimum atomic E-state index is -0.568. The Kier molecular flexibility index (Phi) is 4.36. The SMILES string of the molecule is COc1cc(OC)cc(-c2cc(C3OCCO3)c(N)cc2F)c1. The fraction of sp³-hybridized carbons (Fsp3) is 0.294. The number of anilines is 1. The molecule has 1 aliphatic heterocycles. The predicted molar refractivity (Wildman–Crippen MR) is 84.0 cm³/mol. The van der Waals surface area contributed by atoms with Crippen LogP contribution in [0.15, 0.2) is 30.3 Å². The van der Waals surface area contributed by atoms with Crippen molar-refractivity contribution in [3.05, 3.63) is 41.7 Å². The molecule has 1 saturated heterocycles. The van der Waals surface area contributed by atoms with Gasteiger partial charge in [-0.25, -0.2) is 4.39 Å². The second-order valence-electron chi connectivity index (χ2n) is 5.14. The first-order valence-electron chi connectivity index (χ1n) is 7.18. The molecule has 3 rings (SSSR count). The molecule has 0 amide bonds. The van der Waals surface area contributed by atoms with Crippen molar-refractivity contribution in [3.8, 4) is 22.6 Å². The fourth-order valence-corrected chi connectivity index (χ4v) is 2.53. The molecular weight excluding hydrogens is 301 g/mol. The van der Waals surface area contributed by atoms with Gasteiger partial charge in [-0.15, -0.1) is 0 Å². The highest BCUT2D eigenvalue weighted by atomic mass is 19.1. The normalized spacial score (nSPS) is 14.9. The van der Waals surface area contributed by atoms with Crippen molar-refractivity contribution in [2.45, 2.75) is 6.29 Å². The van der Waals surface area contributed by atoms with Crippen molar-refractivity contribution < 1.29 is 23.3 Å². The van der Waals surface area contributed by atoms with Crippen LogP contribution < -0.4 is 15.2 Å². The zero-order valence-electron chi connectivity index (χ0n) is 13.0. The number of nitrogen functional groups attached to an aromatic ring is 1. The maximum absolute atomic E-state index is 14.4. The van der Waals surface area contributed by atoms with Crippen LogP contribution in [0.4, 0.5) is 10.1 Å². The van der Waals surface area contributed by atoms with Gasteiger partial charge in [0.15, 0.2) is 6.29 Å². The zero-order valence-corrected chi connectivity index (χ0v) is 13.0. The van der Waals surface area contributed by atoms with Gasteiger partial charge in [0.25, 0.3) is 0 Å². The molecule has 0 saturated carbocycles. The summed E-state index contributed by atoms with van der Waals surface area (Å²) in [6.07, 6.45) is -0.568. The summed E-state index contributed by atoms with van der Waals surface area (Å²) in [6.45, 7) is 0.980. The van der Waals surface area contributed by atoms with E-state index in [0.717, 1.165) is 0 Å². The largest absolute Gasteiger partial charge is 0.497 e. The van der Waals surface area contributed by atoms with Crippen LogP contribution in [0.3, 0.4) is 0 Å². The molecule has 0 atom stereocenters. The highest BCUT2D eigenvalue weighted by Crippen LogP contribution is 2.36. The third-order valence-electron chi connectivity index (χ3n) is 3.71. The molecule has 0 spiro atoms. The van der Waals surface area contributed by atoms with Gasteiger partial charge in [0.2, 0.25) is 0 Å². The fourth-order valence-electron chi connectivity index (χ4n) is 2.53. The van der Waals surface area contributed by atoms with Crippen molar-refractivity contribution in [2.75, 3.05) is 33.2 Å². The Bertz CT molecular complexity index is 692. The van der Waals surface area contributed by atoms with Gasteiger partial charge < -0.3 is 24.7 Å². The smallest absolute Gasteiger partial charge is 0.186 e. The summed E-state index contributed by atoms with van der Waals surface area (Å²) < 4.78 is 35.8. The Morgan fingerprint density at radius 3 is 2.17 bits per heavy atom. The topological polar surface area (TPSA) is 62.9 Å². The summed E-state index contributed by atoms with van der Waals surface area (Å²) in [6, 6.07) is 8.12. The van der Waals surface area contributed by atoms with E-state index < -0.39 is 12.1 Å². The first kappa shape index (κ1) is 15.6. The molecule has 1 heterocycles. The molecule has 5 nitrogen and oxygen atoms in total. The Balaban J connectivity index is 2.10. The van der Waals surface area contributed by atoms with E-state index in [-0.39, 0.29) is 0 Å². The van der Waals surface area contributed by atoms with Crippen LogP contribution in [0.1, 0.15) is 11.9 Å². The van der Waals surface area contributed by atoms with E-state index in [2.05, 4.69) is 0 Å². The second-order valence-corrected chi connectivity index (χ2v) is 5.14. The summed E-state index contributed by atoms with van der Waals surface area (Å²) in [7, 11) is 3.09. The van der Waals surface area contributed by atoms with Crippen molar-refractivity contribution in [1.82, 2.24) is 0 Å². The lowest BCUT2D eigenvalue weighted by molar-refractivity contribution is -0.0435. The van der Waals surface area contributed by atoms with Gasteiger partial charge in [0, 0.05) is 22.9 Å². The number of hydrogen-bond acceptors (Lipinski definition) is 5. The Morgan fingerprint density at radius 1 is 1.00 bits per heavy atom.